The Kier molecular flexibility index (Phi) is 6.76. The Bertz CT molecular complexity index is 759. The highest BCUT2D eigenvalue weighted by Crippen LogP contribution is 2.17. The van der Waals surface area contributed by atoms with Gasteiger partial charge >= 0.3 is 0 Å². The van der Waals surface area contributed by atoms with Crippen molar-refractivity contribution in [3.05, 3.63) is 77.4 Å². The first kappa shape index (κ1) is 19.3. The van der Waals surface area contributed by atoms with Crippen LogP contribution in [0.2, 0.25) is 0 Å². The highest BCUT2D eigenvalue weighted by atomic mass is 16.5. The van der Waals surface area contributed by atoms with Crippen LogP contribution in [0.3, 0.4) is 0 Å². The molecular formula is C22H27N3O2. The minimum absolute atomic E-state index is 0.510. The molecule has 142 valence electrons. The van der Waals surface area contributed by atoms with E-state index in [1.807, 2.05) is 12.1 Å². The van der Waals surface area contributed by atoms with E-state index in [0.29, 0.717) is 6.04 Å². The standard InChI is InChI=1S/C22H27N3O2/c1-18-15-24(16-20-5-3-2-4-6-20)13-14-25(18)17-21-9-7-19(8-10-21)11-12-22(26)23-27/h2-12,18,27H,13-17H2,1H3,(H,23,26)/b12-11+/t18-/m0/s1. The molecule has 1 atom stereocenters. The fourth-order valence-electron chi connectivity index (χ4n) is 3.47. The highest BCUT2D eigenvalue weighted by Gasteiger charge is 2.23. The van der Waals surface area contributed by atoms with Crippen LogP contribution in [0.15, 0.2) is 60.7 Å². The zero-order valence-electron chi connectivity index (χ0n) is 15.7. The number of nitrogens with one attached hydrogen (secondary N) is 1. The summed E-state index contributed by atoms with van der Waals surface area (Å²) in [5.74, 6) is -0.527. The number of nitrogens with zero attached hydrogens (tertiary/aromatic N) is 2. The molecule has 3 rings (SSSR count). The monoisotopic (exact) mass is 365 g/mol. The number of rotatable bonds is 6. The van der Waals surface area contributed by atoms with E-state index in [0.717, 1.165) is 38.3 Å². The lowest BCUT2D eigenvalue weighted by molar-refractivity contribution is -0.124. The number of carbonyl (C=O) groups excluding carboxylic acids is 1. The van der Waals surface area contributed by atoms with Crippen LogP contribution in [0.1, 0.15) is 23.6 Å². The second kappa shape index (κ2) is 9.46. The summed E-state index contributed by atoms with van der Waals surface area (Å²) in [7, 11) is 0. The molecule has 2 aromatic carbocycles. The number of amides is 1. The molecule has 27 heavy (non-hydrogen) atoms. The number of carbonyl (C=O) groups is 1. The lowest BCUT2D eigenvalue weighted by Crippen LogP contribution is -2.50. The Labute approximate surface area is 160 Å². The molecule has 1 aliphatic rings. The second-order valence-electron chi connectivity index (χ2n) is 7.09. The van der Waals surface area contributed by atoms with E-state index in [-0.39, 0.29) is 0 Å². The molecule has 2 aromatic rings. The predicted octanol–water partition coefficient (Wildman–Crippen LogP) is 2.91. The van der Waals surface area contributed by atoms with Crippen LogP contribution >= 0.6 is 0 Å². The van der Waals surface area contributed by atoms with Gasteiger partial charge in [0.05, 0.1) is 0 Å². The quantitative estimate of drug-likeness (QED) is 0.470. The van der Waals surface area contributed by atoms with E-state index < -0.39 is 5.91 Å². The number of hydroxylamine groups is 1. The Morgan fingerprint density at radius 2 is 1.78 bits per heavy atom. The maximum atomic E-state index is 11.0. The minimum Gasteiger partial charge on any atom is -0.296 e. The van der Waals surface area contributed by atoms with Crippen molar-refractivity contribution >= 4 is 12.0 Å². The Morgan fingerprint density at radius 3 is 2.44 bits per heavy atom. The predicted molar refractivity (Wildman–Crippen MR) is 107 cm³/mol. The van der Waals surface area contributed by atoms with Crippen LogP contribution in [-0.2, 0) is 17.9 Å². The molecule has 1 fully saturated rings. The lowest BCUT2D eigenvalue weighted by Gasteiger charge is -2.40. The van der Waals surface area contributed by atoms with Crippen molar-refractivity contribution in [1.82, 2.24) is 15.3 Å². The molecule has 5 nitrogen and oxygen atoms in total. The number of piperazine rings is 1. The third-order valence-corrected chi connectivity index (χ3v) is 5.00. The van der Waals surface area contributed by atoms with Crippen molar-refractivity contribution in [3.63, 3.8) is 0 Å². The molecule has 0 unspecified atom stereocenters. The molecule has 0 saturated carbocycles. The first-order valence-electron chi connectivity index (χ1n) is 9.35. The summed E-state index contributed by atoms with van der Waals surface area (Å²) in [5, 5.41) is 8.51. The van der Waals surface area contributed by atoms with Gasteiger partial charge in [-0.15, -0.1) is 0 Å². The van der Waals surface area contributed by atoms with Gasteiger partial charge in [-0.1, -0.05) is 54.6 Å². The van der Waals surface area contributed by atoms with E-state index >= 15 is 0 Å². The third kappa shape index (κ3) is 5.76. The molecule has 1 amide bonds. The van der Waals surface area contributed by atoms with Crippen molar-refractivity contribution in [3.8, 4) is 0 Å². The van der Waals surface area contributed by atoms with E-state index in [2.05, 4.69) is 59.2 Å². The Balaban J connectivity index is 1.51. The van der Waals surface area contributed by atoms with Crippen molar-refractivity contribution in [2.45, 2.75) is 26.1 Å². The van der Waals surface area contributed by atoms with Gasteiger partial charge in [-0.25, -0.2) is 5.48 Å². The summed E-state index contributed by atoms with van der Waals surface area (Å²) in [4.78, 5) is 16.1. The summed E-state index contributed by atoms with van der Waals surface area (Å²) >= 11 is 0. The normalized spacial score (nSPS) is 18.7. The van der Waals surface area contributed by atoms with Crippen molar-refractivity contribution in [2.24, 2.45) is 0 Å². The van der Waals surface area contributed by atoms with Crippen LogP contribution in [0.25, 0.3) is 6.08 Å². The van der Waals surface area contributed by atoms with Crippen LogP contribution < -0.4 is 5.48 Å². The Morgan fingerprint density at radius 1 is 1.07 bits per heavy atom. The minimum atomic E-state index is -0.527. The summed E-state index contributed by atoms with van der Waals surface area (Å²) in [6, 6.07) is 19.3. The molecule has 1 saturated heterocycles. The molecule has 5 heteroatoms. The van der Waals surface area contributed by atoms with Gasteiger partial charge in [-0.2, -0.15) is 0 Å². The number of benzene rings is 2. The first-order valence-corrected chi connectivity index (χ1v) is 9.35. The zero-order valence-corrected chi connectivity index (χ0v) is 15.7. The van der Waals surface area contributed by atoms with Gasteiger partial charge in [0.25, 0.3) is 5.91 Å². The maximum absolute atomic E-state index is 11.0. The molecule has 0 radical (unpaired) electrons. The van der Waals surface area contributed by atoms with E-state index in [1.165, 1.54) is 17.2 Å². The van der Waals surface area contributed by atoms with Crippen LogP contribution in [0.5, 0.6) is 0 Å². The summed E-state index contributed by atoms with van der Waals surface area (Å²) in [6.07, 6.45) is 2.99. The molecule has 2 N–H and O–H groups in total. The summed E-state index contributed by atoms with van der Waals surface area (Å²) in [5.41, 5.74) is 5.16. The SMILES string of the molecule is C[C@H]1CN(Cc2ccccc2)CCN1Cc1ccc(/C=C/C(=O)NO)cc1. The van der Waals surface area contributed by atoms with E-state index in [1.54, 1.807) is 11.6 Å². The summed E-state index contributed by atoms with van der Waals surface area (Å²) in [6.45, 7) is 7.46. The van der Waals surface area contributed by atoms with Crippen LogP contribution in [-0.4, -0.2) is 46.6 Å². The average molecular weight is 365 g/mol. The first-order chi connectivity index (χ1) is 13.1. The topological polar surface area (TPSA) is 55.8 Å². The van der Waals surface area contributed by atoms with Gasteiger partial charge in [-0.3, -0.25) is 19.8 Å². The van der Waals surface area contributed by atoms with Gasteiger partial charge in [0, 0.05) is 44.8 Å². The zero-order chi connectivity index (χ0) is 19.1. The molecule has 1 aliphatic heterocycles. The smallest absolute Gasteiger partial charge is 0.267 e. The van der Waals surface area contributed by atoms with Gasteiger partial charge in [0.2, 0.25) is 0 Å². The van der Waals surface area contributed by atoms with E-state index in [9.17, 15) is 4.79 Å². The van der Waals surface area contributed by atoms with Gasteiger partial charge < -0.3 is 0 Å². The maximum Gasteiger partial charge on any atom is 0.267 e. The fraction of sp³-hybridized carbons (Fsp3) is 0.318. The van der Waals surface area contributed by atoms with Gasteiger partial charge in [-0.05, 0) is 29.7 Å². The van der Waals surface area contributed by atoms with Crippen LogP contribution in [0.4, 0.5) is 0 Å². The van der Waals surface area contributed by atoms with E-state index in [4.69, 9.17) is 5.21 Å². The average Bonchev–Trinajstić information content (AvgIpc) is 2.70. The van der Waals surface area contributed by atoms with Crippen molar-refractivity contribution < 1.29 is 10.0 Å². The lowest BCUT2D eigenvalue weighted by atomic mass is 10.1. The second-order valence-corrected chi connectivity index (χ2v) is 7.09. The number of hydrogen-bond acceptors (Lipinski definition) is 4. The Hall–Kier alpha value is -2.47. The molecule has 0 aliphatic carbocycles. The summed E-state index contributed by atoms with van der Waals surface area (Å²) < 4.78 is 0. The molecule has 1 heterocycles. The van der Waals surface area contributed by atoms with Crippen molar-refractivity contribution in [2.75, 3.05) is 19.6 Å². The molecular weight excluding hydrogens is 338 g/mol. The van der Waals surface area contributed by atoms with Crippen LogP contribution in [0, 0.1) is 0 Å². The molecule has 0 bridgehead atoms. The molecule has 0 spiro atoms. The van der Waals surface area contributed by atoms with Gasteiger partial charge in [0.15, 0.2) is 0 Å². The van der Waals surface area contributed by atoms with Gasteiger partial charge in [0.1, 0.15) is 0 Å². The largest absolute Gasteiger partial charge is 0.296 e. The fourth-order valence-corrected chi connectivity index (χ4v) is 3.47. The highest BCUT2D eigenvalue weighted by molar-refractivity contribution is 5.90. The van der Waals surface area contributed by atoms with Crippen molar-refractivity contribution in [1.29, 1.82) is 0 Å². The molecule has 0 aromatic heterocycles. The third-order valence-electron chi connectivity index (χ3n) is 5.00. The number of hydrogen-bond donors (Lipinski definition) is 2.